The van der Waals surface area contributed by atoms with Gasteiger partial charge in [0.15, 0.2) is 0 Å². The summed E-state index contributed by atoms with van der Waals surface area (Å²) in [5.74, 6) is 0.253. The van der Waals surface area contributed by atoms with Crippen LogP contribution in [0.3, 0.4) is 0 Å². The normalized spacial score (nSPS) is 27.8. The van der Waals surface area contributed by atoms with Crippen molar-refractivity contribution in [3.05, 3.63) is 23.8 Å². The van der Waals surface area contributed by atoms with Gasteiger partial charge >= 0.3 is 7.12 Å². The molecule has 96 valence electrons. The van der Waals surface area contributed by atoms with Crippen molar-refractivity contribution < 1.29 is 13.4 Å². The Morgan fingerprint density at radius 2 is 1.83 bits per heavy atom. The fourth-order valence-corrected chi connectivity index (χ4v) is 1.96. The summed E-state index contributed by atoms with van der Waals surface area (Å²) in [6, 6.07) is -0.0812. The van der Waals surface area contributed by atoms with E-state index in [-0.39, 0.29) is 24.0 Å². The van der Waals surface area contributed by atoms with Gasteiger partial charge in [0.05, 0.1) is 20.9 Å². The number of hydrogen-bond donors (Lipinski definition) is 0. The van der Waals surface area contributed by atoms with E-state index in [1.165, 1.54) is 0 Å². The zero-order valence-electron chi connectivity index (χ0n) is 14.3. The van der Waals surface area contributed by atoms with E-state index in [4.69, 9.17) is 13.4 Å². The smallest absolute Gasteiger partial charge is 0.398 e. The lowest BCUT2D eigenvalue weighted by atomic mass is 9.84. The minimum Gasteiger partial charge on any atom is -0.398 e. The summed E-state index contributed by atoms with van der Waals surface area (Å²) >= 11 is 0. The zero-order chi connectivity index (χ0) is 15.6. The molecule has 3 rings (SSSR count). The first kappa shape index (κ1) is 9.10. The molecule has 0 atom stereocenters. The molecule has 0 bridgehead atoms. The van der Waals surface area contributed by atoms with Crippen LogP contribution in [0.15, 0.2) is 18.1 Å². The van der Waals surface area contributed by atoms with Crippen LogP contribution in [0.25, 0.3) is 0 Å². The lowest BCUT2D eigenvalue weighted by Crippen LogP contribution is -2.41. The van der Waals surface area contributed by atoms with E-state index in [0.29, 0.717) is 11.3 Å². The van der Waals surface area contributed by atoms with E-state index < -0.39 is 18.3 Å². The first-order valence-electron chi connectivity index (χ1n) is 7.97. The third-order valence-corrected chi connectivity index (χ3v) is 4.06. The highest BCUT2D eigenvalue weighted by atomic mass is 16.7. The Morgan fingerprint density at radius 3 is 2.39 bits per heavy atom. The van der Waals surface area contributed by atoms with Crippen molar-refractivity contribution >= 4 is 12.7 Å². The summed E-state index contributed by atoms with van der Waals surface area (Å²) < 4.78 is 35.9. The average Bonchev–Trinajstić information content (AvgIpc) is 3.15. The van der Waals surface area contributed by atoms with Crippen molar-refractivity contribution in [1.29, 1.82) is 0 Å². The highest BCUT2D eigenvalue weighted by Crippen LogP contribution is 2.39. The molecule has 1 saturated carbocycles. The molecule has 1 aromatic heterocycles. The highest BCUT2D eigenvalue weighted by molar-refractivity contribution is 6.61. The maximum absolute atomic E-state index is 8.09. The third kappa shape index (κ3) is 1.97. The molecule has 1 saturated heterocycles. The van der Waals surface area contributed by atoms with E-state index in [1.807, 2.05) is 27.7 Å². The number of nitrogens with zero attached hydrogens (tertiary/aromatic N) is 1. The SMILES string of the molecule is [2H]c1c(B2OC(C)(C)C(C)(C)O2)nc(C2CC2)c([2H])c1[2H]. The molecule has 18 heavy (non-hydrogen) atoms. The van der Waals surface area contributed by atoms with E-state index in [9.17, 15) is 0 Å². The van der Waals surface area contributed by atoms with Gasteiger partial charge in [0.1, 0.15) is 0 Å². The maximum Gasteiger partial charge on any atom is 0.514 e. The summed E-state index contributed by atoms with van der Waals surface area (Å²) in [7, 11) is -0.746. The van der Waals surface area contributed by atoms with Crippen LogP contribution in [-0.2, 0) is 9.31 Å². The minimum atomic E-state index is -0.746. The molecule has 1 aliphatic heterocycles. The second-order valence-corrected chi connectivity index (χ2v) is 6.12. The van der Waals surface area contributed by atoms with Crippen LogP contribution >= 0.6 is 0 Å². The van der Waals surface area contributed by atoms with Gasteiger partial charge in [0.25, 0.3) is 0 Å². The topological polar surface area (TPSA) is 31.4 Å². The molecule has 2 aliphatic rings. The van der Waals surface area contributed by atoms with Gasteiger partial charge in [-0.1, -0.05) is 6.04 Å². The van der Waals surface area contributed by atoms with Crippen molar-refractivity contribution in [2.24, 2.45) is 0 Å². The van der Waals surface area contributed by atoms with Gasteiger partial charge in [0, 0.05) is 11.6 Å². The molecule has 1 aromatic rings. The van der Waals surface area contributed by atoms with Crippen molar-refractivity contribution in [3.63, 3.8) is 0 Å². The third-order valence-electron chi connectivity index (χ3n) is 4.06. The lowest BCUT2D eigenvalue weighted by Gasteiger charge is -2.32. The second-order valence-electron chi connectivity index (χ2n) is 6.12. The molecule has 0 spiro atoms. The zero-order valence-corrected chi connectivity index (χ0v) is 11.3. The first-order valence-corrected chi connectivity index (χ1v) is 6.47. The van der Waals surface area contributed by atoms with E-state index in [0.717, 1.165) is 12.8 Å². The van der Waals surface area contributed by atoms with Crippen molar-refractivity contribution in [2.75, 3.05) is 0 Å². The maximum atomic E-state index is 8.09. The number of rotatable bonds is 2. The van der Waals surface area contributed by atoms with Crippen molar-refractivity contribution in [3.8, 4) is 0 Å². The van der Waals surface area contributed by atoms with Crippen LogP contribution in [0.5, 0.6) is 0 Å². The van der Waals surface area contributed by atoms with Gasteiger partial charge in [-0.05, 0) is 52.6 Å². The molecule has 2 heterocycles. The van der Waals surface area contributed by atoms with Gasteiger partial charge in [-0.2, -0.15) is 0 Å². The summed E-state index contributed by atoms with van der Waals surface area (Å²) in [5, 5.41) is 0. The highest BCUT2D eigenvalue weighted by Gasteiger charge is 2.52. The van der Waals surface area contributed by atoms with Crippen LogP contribution in [0.1, 0.15) is 56.3 Å². The standard InChI is InChI=1S/C14H20BNO2/c1-13(2)14(3,4)18-15(17-13)12-7-5-6-11(16-12)10-8-9-10/h5-7,10H,8-9H2,1-4H3/i5D,6D,7D. The Hall–Kier alpha value is -0.865. The van der Waals surface area contributed by atoms with E-state index in [2.05, 4.69) is 4.98 Å². The van der Waals surface area contributed by atoms with Crippen LogP contribution in [-0.4, -0.2) is 23.3 Å². The fraction of sp³-hybridized carbons (Fsp3) is 0.643. The Balaban J connectivity index is 2.04. The molecule has 0 radical (unpaired) electrons. The molecule has 3 nitrogen and oxygen atoms in total. The molecule has 0 aromatic carbocycles. The Labute approximate surface area is 113 Å². The van der Waals surface area contributed by atoms with Gasteiger partial charge in [-0.3, -0.25) is 4.98 Å². The Morgan fingerprint density at radius 1 is 1.22 bits per heavy atom. The average molecular weight is 248 g/mol. The van der Waals surface area contributed by atoms with Gasteiger partial charge in [-0.25, -0.2) is 0 Å². The largest absolute Gasteiger partial charge is 0.514 e. The predicted molar refractivity (Wildman–Crippen MR) is 71.9 cm³/mol. The fourth-order valence-electron chi connectivity index (χ4n) is 1.96. The summed E-state index contributed by atoms with van der Waals surface area (Å²) in [4.78, 5) is 4.46. The van der Waals surface area contributed by atoms with Crippen LogP contribution in [0, 0.1) is 0 Å². The lowest BCUT2D eigenvalue weighted by molar-refractivity contribution is 0.00578. The number of pyridine rings is 1. The molecule has 0 amide bonds. The minimum absolute atomic E-state index is 0.0668. The first-order chi connectivity index (χ1) is 9.64. The number of hydrogen-bond acceptors (Lipinski definition) is 3. The molecule has 0 unspecified atom stereocenters. The molecule has 1 aliphatic carbocycles. The summed E-state index contributed by atoms with van der Waals surface area (Å²) in [5.41, 5.74) is -0.0713. The molecule has 4 heteroatoms. The van der Waals surface area contributed by atoms with Gasteiger partial charge in [0.2, 0.25) is 0 Å². The Bertz CT molecular complexity index is 586. The van der Waals surface area contributed by atoms with E-state index in [1.54, 1.807) is 0 Å². The second kappa shape index (κ2) is 3.81. The molecule has 2 fully saturated rings. The quantitative estimate of drug-likeness (QED) is 0.752. The summed E-state index contributed by atoms with van der Waals surface area (Å²) in [6.07, 6.45) is 2.00. The van der Waals surface area contributed by atoms with Gasteiger partial charge < -0.3 is 9.31 Å². The van der Waals surface area contributed by atoms with Crippen molar-refractivity contribution in [2.45, 2.75) is 57.7 Å². The molecular formula is C14H20BNO2. The molecular weight excluding hydrogens is 225 g/mol. The number of aromatic nitrogens is 1. The van der Waals surface area contributed by atoms with Crippen molar-refractivity contribution in [1.82, 2.24) is 4.98 Å². The molecule has 0 N–H and O–H groups in total. The summed E-state index contributed by atoms with van der Waals surface area (Å²) in [6.45, 7) is 7.77. The van der Waals surface area contributed by atoms with Gasteiger partial charge in [-0.15, -0.1) is 0 Å². The van der Waals surface area contributed by atoms with Crippen LogP contribution in [0.4, 0.5) is 0 Å². The van der Waals surface area contributed by atoms with Crippen LogP contribution < -0.4 is 5.59 Å². The Kier molecular flexibility index (Phi) is 1.93. The van der Waals surface area contributed by atoms with E-state index >= 15 is 0 Å². The van der Waals surface area contributed by atoms with Crippen LogP contribution in [0.2, 0.25) is 0 Å². The predicted octanol–water partition coefficient (Wildman–Crippen LogP) is 2.26. The monoisotopic (exact) mass is 248 g/mol.